The van der Waals surface area contributed by atoms with E-state index >= 15 is 0 Å². The SMILES string of the molecule is Cc1ccc2c(CC(=O)O[C@H](C)C(=O)NC(=O)NC(C)C)coc2c1C. The number of aryl methyl sites for hydroxylation is 2. The van der Waals surface area contributed by atoms with Gasteiger partial charge in [-0.1, -0.05) is 12.1 Å². The van der Waals surface area contributed by atoms with E-state index in [1.807, 2.05) is 26.0 Å². The number of imide groups is 1. The Bertz CT molecular complexity index is 838. The number of benzene rings is 1. The summed E-state index contributed by atoms with van der Waals surface area (Å²) in [5.74, 6) is -1.25. The second kappa shape index (κ2) is 8.03. The summed E-state index contributed by atoms with van der Waals surface area (Å²) < 4.78 is 10.7. The lowest BCUT2D eigenvalue weighted by molar-refractivity contribution is -0.153. The van der Waals surface area contributed by atoms with Crippen LogP contribution in [-0.2, 0) is 20.7 Å². The van der Waals surface area contributed by atoms with Gasteiger partial charge in [0.05, 0.1) is 12.7 Å². The fourth-order valence-electron chi connectivity index (χ4n) is 2.48. The summed E-state index contributed by atoms with van der Waals surface area (Å²) >= 11 is 0. The van der Waals surface area contributed by atoms with Crippen LogP contribution in [0.1, 0.15) is 37.5 Å². The van der Waals surface area contributed by atoms with Crippen LogP contribution in [0.2, 0.25) is 0 Å². The molecule has 0 fully saturated rings. The standard InChI is InChI=1S/C19H24N2O5/c1-10(2)20-19(24)21-18(23)13(5)26-16(22)8-14-9-25-17-12(4)11(3)6-7-15(14)17/h6-7,9-10,13H,8H2,1-5H3,(H2,20,21,23,24)/t13-/m1/s1. The van der Waals surface area contributed by atoms with Crippen LogP contribution in [0, 0.1) is 13.8 Å². The van der Waals surface area contributed by atoms with Gasteiger partial charge in [-0.3, -0.25) is 14.9 Å². The molecule has 0 aliphatic heterocycles. The van der Waals surface area contributed by atoms with Crippen molar-refractivity contribution in [1.82, 2.24) is 10.6 Å². The van der Waals surface area contributed by atoms with E-state index < -0.39 is 24.0 Å². The van der Waals surface area contributed by atoms with Crippen LogP contribution in [-0.4, -0.2) is 30.1 Å². The van der Waals surface area contributed by atoms with Gasteiger partial charge in [-0.15, -0.1) is 0 Å². The quantitative estimate of drug-likeness (QED) is 0.799. The number of carbonyl (C=O) groups excluding carboxylic acids is 3. The van der Waals surface area contributed by atoms with E-state index in [9.17, 15) is 14.4 Å². The first-order chi connectivity index (χ1) is 12.2. The summed E-state index contributed by atoms with van der Waals surface area (Å²) in [6, 6.07) is 3.13. The molecular formula is C19H24N2O5. The van der Waals surface area contributed by atoms with Gasteiger partial charge in [0.25, 0.3) is 5.91 Å². The van der Waals surface area contributed by atoms with Crippen LogP contribution in [0.4, 0.5) is 4.79 Å². The van der Waals surface area contributed by atoms with E-state index in [0.717, 1.165) is 22.1 Å². The van der Waals surface area contributed by atoms with Gasteiger partial charge in [0.2, 0.25) is 0 Å². The smallest absolute Gasteiger partial charge is 0.321 e. The van der Waals surface area contributed by atoms with Crippen molar-refractivity contribution in [2.45, 2.75) is 53.2 Å². The molecule has 0 radical (unpaired) electrons. The number of fused-ring (bicyclic) bond motifs is 1. The van der Waals surface area contributed by atoms with Crippen LogP contribution in [0.5, 0.6) is 0 Å². The van der Waals surface area contributed by atoms with Gasteiger partial charge >= 0.3 is 12.0 Å². The largest absolute Gasteiger partial charge is 0.464 e. The minimum atomic E-state index is -1.08. The number of hydrogen-bond donors (Lipinski definition) is 2. The Balaban J connectivity index is 1.97. The van der Waals surface area contributed by atoms with Crippen molar-refractivity contribution in [3.05, 3.63) is 35.1 Å². The molecule has 0 saturated carbocycles. The predicted molar refractivity (Wildman–Crippen MR) is 96.8 cm³/mol. The van der Waals surface area contributed by atoms with Crippen molar-refractivity contribution in [2.75, 3.05) is 0 Å². The minimum absolute atomic E-state index is 0.0225. The summed E-state index contributed by atoms with van der Waals surface area (Å²) in [6.07, 6.45) is 0.423. The fraction of sp³-hybridized carbons (Fsp3) is 0.421. The van der Waals surface area contributed by atoms with Crippen LogP contribution >= 0.6 is 0 Å². The molecular weight excluding hydrogens is 336 g/mol. The molecule has 26 heavy (non-hydrogen) atoms. The Morgan fingerprint density at radius 2 is 1.85 bits per heavy atom. The Morgan fingerprint density at radius 1 is 1.15 bits per heavy atom. The molecule has 7 heteroatoms. The lowest BCUT2D eigenvalue weighted by Gasteiger charge is -2.14. The lowest BCUT2D eigenvalue weighted by atomic mass is 10.0. The molecule has 1 atom stereocenters. The average Bonchev–Trinajstić information content (AvgIpc) is 2.93. The molecule has 0 bridgehead atoms. The van der Waals surface area contributed by atoms with Crippen LogP contribution in [0.25, 0.3) is 11.0 Å². The Labute approximate surface area is 152 Å². The van der Waals surface area contributed by atoms with Crippen molar-refractivity contribution in [1.29, 1.82) is 0 Å². The zero-order chi connectivity index (χ0) is 19.4. The summed E-state index contributed by atoms with van der Waals surface area (Å²) in [5.41, 5.74) is 3.55. The van der Waals surface area contributed by atoms with E-state index in [0.29, 0.717) is 5.56 Å². The third kappa shape index (κ3) is 4.62. The van der Waals surface area contributed by atoms with E-state index in [1.165, 1.54) is 13.2 Å². The van der Waals surface area contributed by atoms with Gasteiger partial charge in [-0.25, -0.2) is 4.79 Å². The second-order valence-corrected chi connectivity index (χ2v) is 6.57. The molecule has 0 saturated heterocycles. The first-order valence-corrected chi connectivity index (χ1v) is 8.46. The third-order valence-electron chi connectivity index (χ3n) is 4.01. The number of esters is 1. The van der Waals surface area contributed by atoms with Gasteiger partial charge in [0, 0.05) is 17.0 Å². The molecule has 0 aliphatic carbocycles. The highest BCUT2D eigenvalue weighted by Gasteiger charge is 2.21. The van der Waals surface area contributed by atoms with Gasteiger partial charge in [0.15, 0.2) is 6.10 Å². The minimum Gasteiger partial charge on any atom is -0.464 e. The molecule has 0 unspecified atom stereocenters. The molecule has 3 amide bonds. The van der Waals surface area contributed by atoms with Crippen LogP contribution < -0.4 is 10.6 Å². The Morgan fingerprint density at radius 3 is 2.50 bits per heavy atom. The van der Waals surface area contributed by atoms with Crippen molar-refractivity contribution >= 4 is 28.9 Å². The molecule has 1 heterocycles. The van der Waals surface area contributed by atoms with Crippen LogP contribution in [0.3, 0.4) is 0 Å². The fourth-order valence-corrected chi connectivity index (χ4v) is 2.48. The van der Waals surface area contributed by atoms with E-state index in [4.69, 9.17) is 9.15 Å². The summed E-state index contributed by atoms with van der Waals surface area (Å²) in [7, 11) is 0. The maximum atomic E-state index is 12.1. The molecule has 0 aliphatic rings. The van der Waals surface area contributed by atoms with Gasteiger partial charge in [-0.2, -0.15) is 0 Å². The maximum absolute atomic E-state index is 12.1. The first-order valence-electron chi connectivity index (χ1n) is 8.46. The highest BCUT2D eigenvalue weighted by Crippen LogP contribution is 2.26. The Hall–Kier alpha value is -2.83. The zero-order valence-electron chi connectivity index (χ0n) is 15.6. The topological polar surface area (TPSA) is 97.6 Å². The third-order valence-corrected chi connectivity index (χ3v) is 4.01. The molecule has 7 nitrogen and oxygen atoms in total. The van der Waals surface area contributed by atoms with Crippen molar-refractivity contribution < 1.29 is 23.5 Å². The highest BCUT2D eigenvalue weighted by atomic mass is 16.5. The lowest BCUT2D eigenvalue weighted by Crippen LogP contribution is -2.46. The number of amides is 3. The number of carbonyl (C=O) groups is 3. The molecule has 0 spiro atoms. The van der Waals surface area contributed by atoms with Gasteiger partial charge in [-0.05, 0) is 45.7 Å². The summed E-state index contributed by atoms with van der Waals surface area (Å²) in [4.78, 5) is 35.6. The first kappa shape index (κ1) is 19.5. The molecule has 1 aromatic carbocycles. The number of urea groups is 1. The van der Waals surface area contributed by atoms with E-state index in [-0.39, 0.29) is 12.5 Å². The van der Waals surface area contributed by atoms with Crippen molar-refractivity contribution in [2.24, 2.45) is 0 Å². The molecule has 1 aromatic heterocycles. The number of ether oxygens (including phenoxy) is 1. The number of hydrogen-bond acceptors (Lipinski definition) is 5. The summed E-state index contributed by atoms with van der Waals surface area (Å²) in [5, 5.41) is 5.50. The number of rotatable bonds is 5. The normalized spacial score (nSPS) is 12.1. The predicted octanol–water partition coefficient (Wildman–Crippen LogP) is 2.76. The second-order valence-electron chi connectivity index (χ2n) is 6.57. The highest BCUT2D eigenvalue weighted by molar-refractivity contribution is 5.97. The molecule has 140 valence electrons. The molecule has 2 aromatic rings. The van der Waals surface area contributed by atoms with Crippen molar-refractivity contribution in [3.8, 4) is 0 Å². The summed E-state index contributed by atoms with van der Waals surface area (Å²) in [6.45, 7) is 8.90. The maximum Gasteiger partial charge on any atom is 0.321 e. The van der Waals surface area contributed by atoms with Crippen LogP contribution in [0.15, 0.2) is 22.8 Å². The zero-order valence-corrected chi connectivity index (χ0v) is 15.6. The van der Waals surface area contributed by atoms with Gasteiger partial charge in [0.1, 0.15) is 5.58 Å². The Kier molecular flexibility index (Phi) is 6.02. The number of nitrogens with one attached hydrogen (secondary N) is 2. The molecule has 2 rings (SSSR count). The molecule has 2 N–H and O–H groups in total. The van der Waals surface area contributed by atoms with E-state index in [2.05, 4.69) is 10.6 Å². The van der Waals surface area contributed by atoms with Gasteiger partial charge < -0.3 is 14.5 Å². The monoisotopic (exact) mass is 360 g/mol. The number of furan rings is 1. The average molecular weight is 360 g/mol. The van der Waals surface area contributed by atoms with Crippen molar-refractivity contribution in [3.63, 3.8) is 0 Å². The van der Waals surface area contributed by atoms with E-state index in [1.54, 1.807) is 13.8 Å².